The lowest BCUT2D eigenvalue weighted by atomic mass is 10.1. The van der Waals surface area contributed by atoms with Crippen LogP contribution in [-0.2, 0) is 0 Å². The van der Waals surface area contributed by atoms with Gasteiger partial charge in [0.15, 0.2) is 0 Å². The standard InChI is InChI=1S/C10H7BrN2O/c11-8-4-2-1-3-7(8)9-5-10(14)13-6-12-9/h1-6H,(H,12,13,14). The first kappa shape index (κ1) is 9.15. The van der Waals surface area contributed by atoms with Crippen molar-refractivity contribution in [2.45, 2.75) is 0 Å². The van der Waals surface area contributed by atoms with Crippen molar-refractivity contribution in [3.8, 4) is 11.3 Å². The van der Waals surface area contributed by atoms with Crippen LogP contribution < -0.4 is 5.56 Å². The third kappa shape index (κ3) is 1.75. The summed E-state index contributed by atoms with van der Waals surface area (Å²) in [7, 11) is 0. The van der Waals surface area contributed by atoms with Crippen LogP contribution in [0.4, 0.5) is 0 Å². The molecule has 70 valence electrons. The number of aromatic amines is 1. The van der Waals surface area contributed by atoms with Crippen molar-refractivity contribution in [2.75, 3.05) is 0 Å². The third-order valence-electron chi connectivity index (χ3n) is 1.83. The predicted octanol–water partition coefficient (Wildman–Crippen LogP) is 2.20. The lowest BCUT2D eigenvalue weighted by Crippen LogP contribution is -2.04. The van der Waals surface area contributed by atoms with E-state index in [4.69, 9.17) is 0 Å². The molecule has 0 atom stereocenters. The Labute approximate surface area is 89.0 Å². The molecule has 2 rings (SSSR count). The number of hydrogen-bond acceptors (Lipinski definition) is 2. The van der Waals surface area contributed by atoms with E-state index in [9.17, 15) is 4.79 Å². The fraction of sp³-hybridized carbons (Fsp3) is 0. The molecule has 0 unspecified atom stereocenters. The van der Waals surface area contributed by atoms with Gasteiger partial charge in [-0.2, -0.15) is 0 Å². The smallest absolute Gasteiger partial charge is 0.251 e. The Morgan fingerprint density at radius 2 is 2.07 bits per heavy atom. The molecule has 0 saturated heterocycles. The number of benzene rings is 1. The van der Waals surface area contributed by atoms with Crippen LogP contribution in [0.2, 0.25) is 0 Å². The topological polar surface area (TPSA) is 45.8 Å². The second kappa shape index (κ2) is 3.75. The molecular formula is C10H7BrN2O. The van der Waals surface area contributed by atoms with Crippen LogP contribution in [0.15, 0.2) is 45.9 Å². The van der Waals surface area contributed by atoms with E-state index in [0.29, 0.717) is 5.69 Å². The molecular weight excluding hydrogens is 244 g/mol. The van der Waals surface area contributed by atoms with Crippen molar-refractivity contribution in [2.24, 2.45) is 0 Å². The van der Waals surface area contributed by atoms with Crippen molar-refractivity contribution >= 4 is 15.9 Å². The zero-order valence-corrected chi connectivity index (χ0v) is 8.78. The van der Waals surface area contributed by atoms with E-state index in [1.165, 1.54) is 12.4 Å². The molecule has 0 spiro atoms. The van der Waals surface area contributed by atoms with Gasteiger partial charge in [-0.3, -0.25) is 4.79 Å². The van der Waals surface area contributed by atoms with Crippen molar-refractivity contribution in [1.82, 2.24) is 9.97 Å². The van der Waals surface area contributed by atoms with Crippen LogP contribution in [-0.4, -0.2) is 9.97 Å². The van der Waals surface area contributed by atoms with E-state index in [1.807, 2.05) is 24.3 Å². The van der Waals surface area contributed by atoms with Gasteiger partial charge in [-0.15, -0.1) is 0 Å². The Bertz CT molecular complexity index is 507. The van der Waals surface area contributed by atoms with Crippen LogP contribution >= 0.6 is 15.9 Å². The number of nitrogens with one attached hydrogen (secondary N) is 1. The van der Waals surface area contributed by atoms with Gasteiger partial charge in [-0.1, -0.05) is 34.1 Å². The summed E-state index contributed by atoms with van der Waals surface area (Å²) >= 11 is 3.41. The summed E-state index contributed by atoms with van der Waals surface area (Å²) in [6.45, 7) is 0. The molecule has 1 N–H and O–H groups in total. The molecule has 14 heavy (non-hydrogen) atoms. The summed E-state index contributed by atoms with van der Waals surface area (Å²) in [5.74, 6) is 0. The van der Waals surface area contributed by atoms with Crippen LogP contribution in [0.5, 0.6) is 0 Å². The largest absolute Gasteiger partial charge is 0.313 e. The third-order valence-corrected chi connectivity index (χ3v) is 2.52. The Kier molecular flexibility index (Phi) is 2.45. The summed E-state index contributed by atoms with van der Waals surface area (Å²) in [4.78, 5) is 17.6. The fourth-order valence-electron chi connectivity index (χ4n) is 1.18. The summed E-state index contributed by atoms with van der Waals surface area (Å²) in [6.07, 6.45) is 1.40. The van der Waals surface area contributed by atoms with E-state index in [1.54, 1.807) is 0 Å². The van der Waals surface area contributed by atoms with E-state index in [-0.39, 0.29) is 5.56 Å². The lowest BCUT2D eigenvalue weighted by Gasteiger charge is -2.01. The van der Waals surface area contributed by atoms with Gasteiger partial charge in [0.25, 0.3) is 5.56 Å². The molecule has 0 radical (unpaired) electrons. The molecule has 0 aliphatic rings. The maximum absolute atomic E-state index is 11.1. The van der Waals surface area contributed by atoms with E-state index >= 15 is 0 Å². The monoisotopic (exact) mass is 250 g/mol. The highest BCUT2D eigenvalue weighted by atomic mass is 79.9. The first-order valence-corrected chi connectivity index (χ1v) is 4.86. The Balaban J connectivity index is 2.61. The predicted molar refractivity (Wildman–Crippen MR) is 58.0 cm³/mol. The first-order chi connectivity index (χ1) is 6.77. The van der Waals surface area contributed by atoms with Gasteiger partial charge < -0.3 is 4.98 Å². The minimum absolute atomic E-state index is 0.147. The van der Waals surface area contributed by atoms with Crippen molar-refractivity contribution in [3.05, 3.63) is 51.5 Å². The lowest BCUT2D eigenvalue weighted by molar-refractivity contribution is 1.12. The van der Waals surface area contributed by atoms with Gasteiger partial charge in [-0.05, 0) is 6.07 Å². The summed E-state index contributed by atoms with van der Waals surface area (Å²) in [5.41, 5.74) is 1.44. The SMILES string of the molecule is O=c1cc(-c2ccccc2Br)nc[nH]1. The average Bonchev–Trinajstić information content (AvgIpc) is 2.18. The second-order valence-electron chi connectivity index (χ2n) is 2.78. The van der Waals surface area contributed by atoms with Crippen molar-refractivity contribution < 1.29 is 0 Å². The number of hydrogen-bond donors (Lipinski definition) is 1. The maximum atomic E-state index is 11.1. The van der Waals surface area contributed by atoms with Crippen molar-refractivity contribution in [3.63, 3.8) is 0 Å². The van der Waals surface area contributed by atoms with Crippen LogP contribution in [0.1, 0.15) is 0 Å². The maximum Gasteiger partial charge on any atom is 0.251 e. The summed E-state index contributed by atoms with van der Waals surface area (Å²) in [5, 5.41) is 0. The molecule has 1 aromatic carbocycles. The molecule has 2 aromatic rings. The molecule has 1 heterocycles. The molecule has 0 saturated carbocycles. The number of halogens is 1. The van der Waals surface area contributed by atoms with Crippen LogP contribution in [0, 0.1) is 0 Å². The van der Waals surface area contributed by atoms with Gasteiger partial charge in [-0.25, -0.2) is 4.98 Å². The first-order valence-electron chi connectivity index (χ1n) is 4.07. The van der Waals surface area contributed by atoms with Crippen LogP contribution in [0.3, 0.4) is 0 Å². The Hall–Kier alpha value is -1.42. The van der Waals surface area contributed by atoms with Gasteiger partial charge in [0, 0.05) is 16.1 Å². The number of rotatable bonds is 1. The highest BCUT2D eigenvalue weighted by Crippen LogP contribution is 2.24. The minimum Gasteiger partial charge on any atom is -0.313 e. The van der Waals surface area contributed by atoms with E-state index in [2.05, 4.69) is 25.9 Å². The van der Waals surface area contributed by atoms with Crippen molar-refractivity contribution in [1.29, 1.82) is 0 Å². The van der Waals surface area contributed by atoms with E-state index < -0.39 is 0 Å². The Morgan fingerprint density at radius 3 is 2.79 bits per heavy atom. The zero-order chi connectivity index (χ0) is 9.97. The fourth-order valence-corrected chi connectivity index (χ4v) is 1.67. The summed E-state index contributed by atoms with van der Waals surface area (Å²) in [6, 6.07) is 9.12. The molecule has 0 amide bonds. The highest BCUT2D eigenvalue weighted by molar-refractivity contribution is 9.10. The van der Waals surface area contributed by atoms with Gasteiger partial charge in [0.05, 0.1) is 12.0 Å². The molecule has 1 aromatic heterocycles. The molecule has 3 nitrogen and oxygen atoms in total. The minimum atomic E-state index is -0.147. The summed E-state index contributed by atoms with van der Waals surface area (Å²) < 4.78 is 0.929. The number of aromatic nitrogens is 2. The van der Waals surface area contributed by atoms with E-state index in [0.717, 1.165) is 10.0 Å². The van der Waals surface area contributed by atoms with Crippen LogP contribution in [0.25, 0.3) is 11.3 Å². The second-order valence-corrected chi connectivity index (χ2v) is 3.63. The Morgan fingerprint density at radius 1 is 1.29 bits per heavy atom. The molecule has 0 bridgehead atoms. The molecule has 0 aliphatic carbocycles. The van der Waals surface area contributed by atoms with Gasteiger partial charge in [0.2, 0.25) is 0 Å². The quantitative estimate of drug-likeness (QED) is 0.844. The van der Waals surface area contributed by atoms with Gasteiger partial charge in [0.1, 0.15) is 0 Å². The highest BCUT2D eigenvalue weighted by Gasteiger charge is 2.02. The molecule has 0 aliphatic heterocycles. The zero-order valence-electron chi connectivity index (χ0n) is 7.20. The number of H-pyrrole nitrogens is 1. The molecule has 4 heteroatoms. The number of nitrogens with zero attached hydrogens (tertiary/aromatic N) is 1. The molecule has 0 fully saturated rings. The van der Waals surface area contributed by atoms with Gasteiger partial charge >= 0.3 is 0 Å². The normalized spacial score (nSPS) is 10.1. The average molecular weight is 251 g/mol.